The zero-order valence-corrected chi connectivity index (χ0v) is 26.5. The number of ether oxygens (including phenoxy) is 6. The highest BCUT2D eigenvalue weighted by Crippen LogP contribution is 2.31. The predicted molar refractivity (Wildman–Crippen MR) is 167 cm³/mol. The maximum absolute atomic E-state index is 12.7. The van der Waals surface area contributed by atoms with Crippen molar-refractivity contribution in [3.05, 3.63) is 55.1 Å². The molecule has 0 radical (unpaired) electrons. The lowest BCUT2D eigenvalue weighted by molar-refractivity contribution is -0.152. The van der Waals surface area contributed by atoms with Crippen LogP contribution in [0.25, 0.3) is 0 Å². The molecular weight excluding hydrogens is 596 g/mol. The lowest BCUT2D eigenvalue weighted by atomic mass is 9.83. The average molecular weight is 643 g/mol. The van der Waals surface area contributed by atoms with E-state index in [4.69, 9.17) is 28.4 Å². The largest absolute Gasteiger partial charge is 0.513 e. The number of carbonyl (C=O) groups is 5. The average Bonchev–Trinajstić information content (AvgIpc) is 3.08. The first kappa shape index (κ1) is 36.3. The van der Waals surface area contributed by atoms with E-state index in [2.05, 4.69) is 13.2 Å². The number of rotatable bonds is 17. The Kier molecular flexibility index (Phi) is 15.8. The maximum atomic E-state index is 12.7. The van der Waals surface area contributed by atoms with Crippen LogP contribution in [0.15, 0.2) is 49.6 Å². The van der Waals surface area contributed by atoms with Crippen molar-refractivity contribution in [2.75, 3.05) is 26.4 Å². The Labute approximate surface area is 270 Å². The molecule has 0 N–H and O–H groups in total. The van der Waals surface area contributed by atoms with Crippen LogP contribution in [0.5, 0.6) is 5.75 Å². The van der Waals surface area contributed by atoms with Crippen LogP contribution in [-0.2, 0) is 38.1 Å². The molecule has 2 aliphatic carbocycles. The molecular formula is C35H46O11. The number of hydrogen-bond donors (Lipinski definition) is 0. The highest BCUT2D eigenvalue weighted by Gasteiger charge is 2.31. The molecule has 0 aliphatic heterocycles. The van der Waals surface area contributed by atoms with Gasteiger partial charge in [0.1, 0.15) is 11.9 Å². The Morgan fingerprint density at radius 2 is 1.20 bits per heavy atom. The van der Waals surface area contributed by atoms with E-state index in [1.54, 1.807) is 0 Å². The highest BCUT2D eigenvalue weighted by atomic mass is 16.7. The van der Waals surface area contributed by atoms with Crippen molar-refractivity contribution in [1.29, 1.82) is 0 Å². The highest BCUT2D eigenvalue weighted by molar-refractivity contribution is 5.89. The maximum Gasteiger partial charge on any atom is 0.513 e. The van der Waals surface area contributed by atoms with Gasteiger partial charge in [-0.25, -0.2) is 19.2 Å². The molecule has 1 aromatic rings. The topological polar surface area (TPSA) is 141 Å². The first-order valence-corrected chi connectivity index (χ1v) is 16.2. The summed E-state index contributed by atoms with van der Waals surface area (Å²) in [7, 11) is 0. The van der Waals surface area contributed by atoms with Gasteiger partial charge in [-0.1, -0.05) is 13.2 Å². The van der Waals surface area contributed by atoms with Gasteiger partial charge in [0, 0.05) is 12.2 Å². The van der Waals surface area contributed by atoms with E-state index >= 15 is 0 Å². The van der Waals surface area contributed by atoms with Crippen molar-refractivity contribution >= 4 is 30.0 Å². The molecule has 0 saturated heterocycles. The Morgan fingerprint density at radius 3 is 1.78 bits per heavy atom. The predicted octanol–water partition coefficient (Wildman–Crippen LogP) is 6.29. The van der Waals surface area contributed by atoms with Gasteiger partial charge in [-0.2, -0.15) is 0 Å². The lowest BCUT2D eigenvalue weighted by Gasteiger charge is -2.29. The zero-order chi connectivity index (χ0) is 33.1. The molecule has 0 unspecified atom stereocenters. The first-order valence-electron chi connectivity index (χ1n) is 16.2. The van der Waals surface area contributed by atoms with Gasteiger partial charge in [0.25, 0.3) is 0 Å². The number of benzene rings is 1. The summed E-state index contributed by atoms with van der Waals surface area (Å²) in [4.78, 5) is 59.5. The van der Waals surface area contributed by atoms with Gasteiger partial charge in [-0.3, -0.25) is 4.79 Å². The van der Waals surface area contributed by atoms with E-state index in [9.17, 15) is 24.0 Å². The fourth-order valence-electron chi connectivity index (χ4n) is 5.51. The van der Waals surface area contributed by atoms with Gasteiger partial charge >= 0.3 is 30.0 Å². The van der Waals surface area contributed by atoms with Gasteiger partial charge in [-0.15, -0.1) is 0 Å². The minimum Gasteiger partial charge on any atom is -0.465 e. The summed E-state index contributed by atoms with van der Waals surface area (Å²) >= 11 is 0. The molecule has 11 nitrogen and oxygen atoms in total. The minimum absolute atomic E-state index is 0.190. The summed E-state index contributed by atoms with van der Waals surface area (Å²) in [6.45, 7) is 8.08. The van der Waals surface area contributed by atoms with Crippen LogP contribution >= 0.6 is 0 Å². The van der Waals surface area contributed by atoms with Gasteiger partial charge in [-0.05, 0) is 113 Å². The molecule has 252 valence electrons. The molecule has 2 fully saturated rings. The van der Waals surface area contributed by atoms with E-state index in [0.29, 0.717) is 69.3 Å². The molecule has 0 heterocycles. The van der Waals surface area contributed by atoms with Crippen molar-refractivity contribution in [1.82, 2.24) is 0 Å². The van der Waals surface area contributed by atoms with Crippen LogP contribution in [0.3, 0.4) is 0 Å². The molecule has 0 atom stereocenters. The number of unbranched alkanes of at least 4 members (excludes halogenated alkanes) is 3. The molecule has 0 amide bonds. The molecule has 0 spiro atoms. The standard InChI is InChI=1S/C35H46O11/c1-3-31(36)41-21-7-5-6-8-22-42-35(40)46-30-19-15-28(16-20-30)34(39)45-29-17-13-27(14-18-29)33(38)44-24-26-11-9-25(10-12-26)23-43-32(37)4-2/h3-4,15-16,19-20,25-27,29H,1-2,5-14,17-18,21-24H2. The number of hydrogen-bond acceptors (Lipinski definition) is 11. The quantitative estimate of drug-likeness (QED) is 0.0623. The molecule has 46 heavy (non-hydrogen) atoms. The fraction of sp³-hybridized carbons (Fsp3) is 0.571. The van der Waals surface area contributed by atoms with Crippen molar-refractivity contribution in [3.8, 4) is 5.75 Å². The zero-order valence-electron chi connectivity index (χ0n) is 26.5. The van der Waals surface area contributed by atoms with Gasteiger partial charge < -0.3 is 28.4 Å². The van der Waals surface area contributed by atoms with E-state index in [0.717, 1.165) is 51.0 Å². The molecule has 2 saturated carbocycles. The van der Waals surface area contributed by atoms with Crippen molar-refractivity contribution in [2.45, 2.75) is 83.2 Å². The van der Waals surface area contributed by atoms with Gasteiger partial charge in [0.15, 0.2) is 0 Å². The third kappa shape index (κ3) is 13.5. The second-order valence-corrected chi connectivity index (χ2v) is 11.7. The monoisotopic (exact) mass is 642 g/mol. The van der Waals surface area contributed by atoms with Crippen LogP contribution in [0.1, 0.15) is 87.4 Å². The normalized spacial score (nSPS) is 20.8. The second kappa shape index (κ2) is 20.1. The summed E-state index contributed by atoms with van der Waals surface area (Å²) in [5, 5.41) is 0. The van der Waals surface area contributed by atoms with Gasteiger partial charge in [0.2, 0.25) is 0 Å². The molecule has 3 rings (SSSR count). The Balaban J connectivity index is 1.25. The van der Waals surface area contributed by atoms with Crippen molar-refractivity contribution < 1.29 is 52.4 Å². The SMILES string of the molecule is C=CC(=O)OCCCCCCOC(=O)Oc1ccc(C(=O)OC2CCC(C(=O)OCC3CCC(COC(=O)C=C)CC3)CC2)cc1. The van der Waals surface area contributed by atoms with Crippen LogP contribution in [0.4, 0.5) is 4.79 Å². The van der Waals surface area contributed by atoms with Crippen molar-refractivity contribution in [2.24, 2.45) is 17.8 Å². The smallest absolute Gasteiger partial charge is 0.465 e. The Hall–Kier alpha value is -4.15. The summed E-state index contributed by atoms with van der Waals surface area (Å²) < 4.78 is 31.6. The van der Waals surface area contributed by atoms with Crippen LogP contribution in [-0.4, -0.2) is 62.6 Å². The van der Waals surface area contributed by atoms with E-state index in [1.807, 2.05) is 0 Å². The first-order chi connectivity index (χ1) is 22.3. The number of carbonyl (C=O) groups excluding carboxylic acids is 5. The van der Waals surface area contributed by atoms with E-state index < -0.39 is 24.1 Å². The number of esters is 4. The van der Waals surface area contributed by atoms with Crippen molar-refractivity contribution in [3.63, 3.8) is 0 Å². The molecule has 0 bridgehead atoms. The molecule has 2 aliphatic rings. The summed E-state index contributed by atoms with van der Waals surface area (Å²) in [6.07, 6.45) is 10.3. The van der Waals surface area contributed by atoms with Crippen LogP contribution < -0.4 is 4.74 Å². The minimum atomic E-state index is -0.832. The molecule has 11 heteroatoms. The van der Waals surface area contributed by atoms with E-state index in [-0.39, 0.29) is 30.3 Å². The molecule has 1 aromatic carbocycles. The summed E-state index contributed by atoms with van der Waals surface area (Å²) in [6, 6.07) is 6.04. The Morgan fingerprint density at radius 1 is 0.652 bits per heavy atom. The van der Waals surface area contributed by atoms with Gasteiger partial charge in [0.05, 0.1) is 37.9 Å². The third-order valence-electron chi connectivity index (χ3n) is 8.30. The lowest BCUT2D eigenvalue weighted by Crippen LogP contribution is -2.30. The second-order valence-electron chi connectivity index (χ2n) is 11.7. The van der Waals surface area contributed by atoms with Crippen LogP contribution in [0.2, 0.25) is 0 Å². The summed E-state index contributed by atoms with van der Waals surface area (Å²) in [5.41, 5.74) is 0.328. The van der Waals surface area contributed by atoms with Crippen LogP contribution in [0, 0.1) is 17.8 Å². The molecule has 0 aromatic heterocycles. The Bertz CT molecular complexity index is 1160. The fourth-order valence-corrected chi connectivity index (χ4v) is 5.51. The third-order valence-corrected chi connectivity index (χ3v) is 8.30. The summed E-state index contributed by atoms with van der Waals surface area (Å²) in [5.74, 6) is -0.806. The van der Waals surface area contributed by atoms with E-state index in [1.165, 1.54) is 30.3 Å².